The molecule has 2 aromatic carbocycles. The summed E-state index contributed by atoms with van der Waals surface area (Å²) in [4.78, 5) is 11.8. The van der Waals surface area contributed by atoms with Crippen LogP contribution in [0.3, 0.4) is 0 Å². The Morgan fingerprint density at radius 1 is 1.03 bits per heavy atom. The Bertz CT molecular complexity index is 981. The first kappa shape index (κ1) is 20.5. The minimum absolute atomic E-state index is 0.159. The first-order valence-corrected chi connectivity index (χ1v) is 10.7. The van der Waals surface area contributed by atoms with E-state index in [-0.39, 0.29) is 5.92 Å². The van der Waals surface area contributed by atoms with Gasteiger partial charge in [-0.1, -0.05) is 55.5 Å². The molecule has 0 aliphatic carbocycles. The second-order valence-corrected chi connectivity index (χ2v) is 7.84. The predicted molar refractivity (Wildman–Crippen MR) is 122 cm³/mol. The Labute approximate surface area is 178 Å². The third-order valence-corrected chi connectivity index (χ3v) is 5.75. The molecule has 1 saturated heterocycles. The van der Waals surface area contributed by atoms with Gasteiger partial charge in [-0.25, -0.2) is 9.97 Å². The summed E-state index contributed by atoms with van der Waals surface area (Å²) < 4.78 is 5.49. The number of anilines is 1. The largest absolute Gasteiger partial charge is 0.378 e. The van der Waals surface area contributed by atoms with Crippen molar-refractivity contribution in [1.82, 2.24) is 9.97 Å². The first-order chi connectivity index (χ1) is 14.7. The van der Waals surface area contributed by atoms with E-state index >= 15 is 0 Å². The molecule has 0 radical (unpaired) electrons. The number of morpholine rings is 1. The lowest BCUT2D eigenvalue weighted by Crippen LogP contribution is -2.37. The van der Waals surface area contributed by atoms with Crippen molar-refractivity contribution in [2.45, 2.75) is 26.2 Å². The van der Waals surface area contributed by atoms with Gasteiger partial charge in [-0.05, 0) is 42.1 Å². The minimum Gasteiger partial charge on any atom is -0.378 e. The van der Waals surface area contributed by atoms with Crippen LogP contribution in [0.15, 0.2) is 54.6 Å². The summed E-state index contributed by atoms with van der Waals surface area (Å²) in [5.41, 5.74) is 11.8. The summed E-state index contributed by atoms with van der Waals surface area (Å²) >= 11 is 0. The van der Waals surface area contributed by atoms with E-state index in [0.29, 0.717) is 6.54 Å². The van der Waals surface area contributed by atoms with E-state index in [4.69, 9.17) is 20.4 Å². The number of hydrogen-bond donors (Lipinski definition) is 1. The Morgan fingerprint density at radius 3 is 2.50 bits per heavy atom. The van der Waals surface area contributed by atoms with Crippen LogP contribution in [0.1, 0.15) is 35.5 Å². The van der Waals surface area contributed by atoms with Crippen LogP contribution in [0.4, 0.5) is 5.82 Å². The Hall–Kier alpha value is -2.76. The summed E-state index contributed by atoms with van der Waals surface area (Å²) in [6, 6.07) is 19.5. The number of hydrogen-bond acceptors (Lipinski definition) is 5. The molecule has 1 aromatic heterocycles. The highest BCUT2D eigenvalue weighted by Crippen LogP contribution is 2.33. The van der Waals surface area contributed by atoms with Gasteiger partial charge >= 0.3 is 0 Å². The quantitative estimate of drug-likeness (QED) is 0.677. The molecular weight excluding hydrogens is 372 g/mol. The van der Waals surface area contributed by atoms with E-state index in [2.05, 4.69) is 66.4 Å². The van der Waals surface area contributed by atoms with Crippen LogP contribution in [-0.4, -0.2) is 42.8 Å². The summed E-state index contributed by atoms with van der Waals surface area (Å²) in [7, 11) is 0. The van der Waals surface area contributed by atoms with E-state index in [9.17, 15) is 0 Å². The Morgan fingerprint density at radius 2 is 1.77 bits per heavy atom. The number of nitrogens with two attached hydrogens (primary N) is 1. The first-order valence-electron chi connectivity index (χ1n) is 10.7. The van der Waals surface area contributed by atoms with Gasteiger partial charge in [0, 0.05) is 25.1 Å². The van der Waals surface area contributed by atoms with Crippen LogP contribution in [0.25, 0.3) is 11.1 Å². The molecule has 4 rings (SSSR count). The van der Waals surface area contributed by atoms with Crippen LogP contribution >= 0.6 is 0 Å². The van der Waals surface area contributed by atoms with Crippen LogP contribution in [0.5, 0.6) is 0 Å². The lowest BCUT2D eigenvalue weighted by molar-refractivity contribution is 0.122. The van der Waals surface area contributed by atoms with Crippen LogP contribution in [0.2, 0.25) is 0 Å². The van der Waals surface area contributed by atoms with Crippen molar-refractivity contribution >= 4 is 5.82 Å². The molecule has 1 fully saturated rings. The van der Waals surface area contributed by atoms with E-state index in [1.807, 2.05) is 6.92 Å². The monoisotopic (exact) mass is 402 g/mol. The normalized spacial score (nSPS) is 15.2. The maximum absolute atomic E-state index is 5.69. The second-order valence-electron chi connectivity index (χ2n) is 7.84. The highest BCUT2D eigenvalue weighted by Gasteiger charge is 2.19. The molecule has 5 heteroatoms. The molecule has 1 atom stereocenters. The SMILES string of the molecule is Cc1nc(C(C)c2ccccc2-c2ccc(CCN)cc2)cc(N2CCOCC2)n1. The highest BCUT2D eigenvalue weighted by atomic mass is 16.5. The molecule has 1 aliphatic heterocycles. The summed E-state index contributed by atoms with van der Waals surface area (Å²) in [5, 5.41) is 0. The Kier molecular flexibility index (Phi) is 6.41. The second kappa shape index (κ2) is 9.37. The van der Waals surface area contributed by atoms with Crippen molar-refractivity contribution in [2.75, 3.05) is 37.7 Å². The average molecular weight is 403 g/mol. The number of rotatable bonds is 6. The molecule has 0 amide bonds. The fraction of sp³-hybridized carbons (Fsp3) is 0.360. The molecule has 30 heavy (non-hydrogen) atoms. The van der Waals surface area contributed by atoms with Crippen molar-refractivity contribution in [3.63, 3.8) is 0 Å². The van der Waals surface area contributed by atoms with Gasteiger partial charge in [0.2, 0.25) is 0 Å². The zero-order chi connectivity index (χ0) is 20.9. The van der Waals surface area contributed by atoms with Gasteiger partial charge in [0.15, 0.2) is 0 Å². The summed E-state index contributed by atoms with van der Waals surface area (Å²) in [6.45, 7) is 8.11. The summed E-state index contributed by atoms with van der Waals surface area (Å²) in [5.74, 6) is 1.96. The van der Waals surface area contributed by atoms with Gasteiger partial charge in [0.25, 0.3) is 0 Å². The third kappa shape index (κ3) is 4.53. The fourth-order valence-corrected chi connectivity index (χ4v) is 4.07. The molecule has 2 N–H and O–H groups in total. The van der Waals surface area contributed by atoms with E-state index in [1.54, 1.807) is 0 Å². The standard InChI is InChI=1S/C25H30N4O/c1-18(24-17-25(28-19(2)27-24)29-13-15-30-16-14-29)22-5-3-4-6-23(22)21-9-7-20(8-10-21)11-12-26/h3-10,17-18H,11-16,26H2,1-2H3. The van der Waals surface area contributed by atoms with Crippen molar-refractivity contribution in [3.05, 3.63) is 77.2 Å². The maximum Gasteiger partial charge on any atom is 0.132 e. The molecule has 5 nitrogen and oxygen atoms in total. The van der Waals surface area contributed by atoms with Gasteiger partial charge in [0.05, 0.1) is 18.9 Å². The lowest BCUT2D eigenvalue weighted by Gasteiger charge is -2.28. The third-order valence-electron chi connectivity index (χ3n) is 5.75. The zero-order valence-electron chi connectivity index (χ0n) is 17.8. The van der Waals surface area contributed by atoms with Crippen molar-refractivity contribution in [1.29, 1.82) is 0 Å². The molecule has 0 bridgehead atoms. The van der Waals surface area contributed by atoms with Gasteiger partial charge in [-0.3, -0.25) is 0 Å². The lowest BCUT2D eigenvalue weighted by atomic mass is 9.89. The number of benzene rings is 2. The smallest absolute Gasteiger partial charge is 0.132 e. The van der Waals surface area contributed by atoms with Gasteiger partial charge < -0.3 is 15.4 Å². The molecule has 156 valence electrons. The topological polar surface area (TPSA) is 64.3 Å². The molecule has 0 saturated carbocycles. The van der Waals surface area contributed by atoms with Crippen molar-refractivity contribution in [3.8, 4) is 11.1 Å². The summed E-state index contributed by atoms with van der Waals surface area (Å²) in [6.07, 6.45) is 0.906. The van der Waals surface area contributed by atoms with E-state index in [0.717, 1.165) is 50.1 Å². The van der Waals surface area contributed by atoms with Gasteiger partial charge in [-0.15, -0.1) is 0 Å². The molecular formula is C25H30N4O. The fourth-order valence-electron chi connectivity index (χ4n) is 4.07. The van der Waals surface area contributed by atoms with Crippen LogP contribution < -0.4 is 10.6 Å². The molecule has 1 aliphatic rings. The van der Waals surface area contributed by atoms with E-state index < -0.39 is 0 Å². The van der Waals surface area contributed by atoms with Crippen molar-refractivity contribution in [2.24, 2.45) is 5.73 Å². The zero-order valence-corrected chi connectivity index (χ0v) is 17.8. The Balaban J connectivity index is 1.67. The maximum atomic E-state index is 5.69. The molecule has 1 unspecified atom stereocenters. The molecule has 0 spiro atoms. The minimum atomic E-state index is 0.159. The number of aryl methyl sites for hydroxylation is 1. The average Bonchev–Trinajstić information content (AvgIpc) is 2.79. The van der Waals surface area contributed by atoms with Crippen LogP contribution in [0, 0.1) is 6.92 Å². The van der Waals surface area contributed by atoms with E-state index in [1.165, 1.54) is 22.3 Å². The predicted octanol–water partition coefficient (Wildman–Crippen LogP) is 3.94. The molecule has 2 heterocycles. The molecule has 3 aromatic rings. The van der Waals surface area contributed by atoms with Crippen molar-refractivity contribution < 1.29 is 4.74 Å². The number of nitrogens with zero attached hydrogens (tertiary/aromatic N) is 3. The van der Waals surface area contributed by atoms with Crippen LogP contribution in [-0.2, 0) is 11.2 Å². The number of aromatic nitrogens is 2. The van der Waals surface area contributed by atoms with Gasteiger partial charge in [0.1, 0.15) is 11.6 Å². The van der Waals surface area contributed by atoms with Gasteiger partial charge in [-0.2, -0.15) is 0 Å². The highest BCUT2D eigenvalue weighted by molar-refractivity contribution is 5.69. The number of ether oxygens (including phenoxy) is 1.